The van der Waals surface area contributed by atoms with Crippen molar-refractivity contribution in [2.45, 2.75) is 12.8 Å². The van der Waals surface area contributed by atoms with E-state index in [0.29, 0.717) is 18.7 Å². The summed E-state index contributed by atoms with van der Waals surface area (Å²) >= 11 is 0. The fourth-order valence-electron chi connectivity index (χ4n) is 3.33. The molecule has 138 valence electrons. The third kappa shape index (κ3) is 3.84. The van der Waals surface area contributed by atoms with E-state index in [4.69, 9.17) is 0 Å². The number of hydrogen-bond donors (Lipinski definition) is 3. The van der Waals surface area contributed by atoms with E-state index in [1.807, 2.05) is 24.4 Å². The molecule has 0 radical (unpaired) electrons. The first-order chi connectivity index (χ1) is 13.1. The lowest BCUT2D eigenvalue weighted by Gasteiger charge is -2.06. The number of benzene rings is 2. The minimum Gasteiger partial charge on any atom is -0.361 e. The van der Waals surface area contributed by atoms with Gasteiger partial charge >= 0.3 is 0 Å². The number of aromatic nitrogens is 1. The van der Waals surface area contributed by atoms with Crippen molar-refractivity contribution in [2.75, 3.05) is 11.9 Å². The SMILES string of the molecule is O=C(NCCc1c[nH]c2ccccc12)C1CC1C(=O)Nc1ccc(F)cc1. The van der Waals surface area contributed by atoms with Gasteiger partial charge in [-0.05, 0) is 48.7 Å². The summed E-state index contributed by atoms with van der Waals surface area (Å²) in [5, 5.41) is 6.81. The summed E-state index contributed by atoms with van der Waals surface area (Å²) in [5.41, 5.74) is 2.78. The number of hydrogen-bond acceptors (Lipinski definition) is 2. The monoisotopic (exact) mass is 365 g/mol. The van der Waals surface area contributed by atoms with Crippen LogP contribution in [0.1, 0.15) is 12.0 Å². The van der Waals surface area contributed by atoms with Gasteiger partial charge < -0.3 is 15.6 Å². The molecular weight excluding hydrogens is 345 g/mol. The van der Waals surface area contributed by atoms with Gasteiger partial charge in [0.05, 0.1) is 11.8 Å². The van der Waals surface area contributed by atoms with E-state index in [-0.39, 0.29) is 29.5 Å². The molecular formula is C21H20FN3O2. The van der Waals surface area contributed by atoms with E-state index in [0.717, 1.165) is 22.9 Å². The molecule has 1 aliphatic rings. The smallest absolute Gasteiger partial charge is 0.228 e. The van der Waals surface area contributed by atoms with Crippen LogP contribution in [-0.2, 0) is 16.0 Å². The van der Waals surface area contributed by atoms with Crippen LogP contribution >= 0.6 is 0 Å². The number of carbonyl (C=O) groups excluding carboxylic acids is 2. The molecule has 3 N–H and O–H groups in total. The minimum absolute atomic E-state index is 0.0888. The molecule has 0 bridgehead atoms. The molecule has 1 saturated carbocycles. The second kappa shape index (κ2) is 7.23. The maximum atomic E-state index is 12.9. The molecule has 2 amide bonds. The van der Waals surface area contributed by atoms with Crippen molar-refractivity contribution in [3.63, 3.8) is 0 Å². The number of para-hydroxylation sites is 1. The summed E-state index contributed by atoms with van der Waals surface area (Å²) in [4.78, 5) is 27.7. The fraction of sp³-hybridized carbons (Fsp3) is 0.238. The molecule has 6 heteroatoms. The highest BCUT2D eigenvalue weighted by atomic mass is 19.1. The predicted octanol–water partition coefficient (Wildman–Crippen LogP) is 3.24. The van der Waals surface area contributed by atoms with Gasteiger partial charge in [-0.25, -0.2) is 4.39 Å². The van der Waals surface area contributed by atoms with Crippen LogP contribution in [0.15, 0.2) is 54.7 Å². The molecule has 4 rings (SSSR count). The molecule has 2 aromatic carbocycles. The van der Waals surface area contributed by atoms with Crippen LogP contribution in [0, 0.1) is 17.7 Å². The Morgan fingerprint density at radius 3 is 2.59 bits per heavy atom. The van der Waals surface area contributed by atoms with Crippen LogP contribution < -0.4 is 10.6 Å². The van der Waals surface area contributed by atoms with Crippen molar-refractivity contribution < 1.29 is 14.0 Å². The van der Waals surface area contributed by atoms with Gasteiger partial charge in [-0.3, -0.25) is 9.59 Å². The second-order valence-corrected chi connectivity index (χ2v) is 6.85. The summed E-state index contributed by atoms with van der Waals surface area (Å²) in [6.07, 6.45) is 3.24. The second-order valence-electron chi connectivity index (χ2n) is 6.85. The molecule has 27 heavy (non-hydrogen) atoms. The summed E-state index contributed by atoms with van der Waals surface area (Å²) in [6, 6.07) is 13.6. The summed E-state index contributed by atoms with van der Waals surface area (Å²) in [6.45, 7) is 0.531. The average Bonchev–Trinajstić information content (AvgIpc) is 3.39. The number of H-pyrrole nitrogens is 1. The molecule has 3 aromatic rings. The highest BCUT2D eigenvalue weighted by Crippen LogP contribution is 2.39. The van der Waals surface area contributed by atoms with Crippen LogP contribution in [0.3, 0.4) is 0 Å². The zero-order chi connectivity index (χ0) is 18.8. The summed E-state index contributed by atoms with van der Waals surface area (Å²) in [5.74, 6) is -1.24. The van der Waals surface area contributed by atoms with Crippen LogP contribution in [0.5, 0.6) is 0 Å². The zero-order valence-electron chi connectivity index (χ0n) is 14.7. The Balaban J connectivity index is 1.25. The fourth-order valence-corrected chi connectivity index (χ4v) is 3.33. The molecule has 5 nitrogen and oxygen atoms in total. The lowest BCUT2D eigenvalue weighted by Crippen LogP contribution is -2.29. The first-order valence-corrected chi connectivity index (χ1v) is 9.01. The minimum atomic E-state index is -0.355. The van der Waals surface area contributed by atoms with Gasteiger partial charge in [0.1, 0.15) is 5.82 Å². The van der Waals surface area contributed by atoms with Crippen LogP contribution in [-0.4, -0.2) is 23.3 Å². The molecule has 0 aliphatic heterocycles. The van der Waals surface area contributed by atoms with Gasteiger partial charge in [0.2, 0.25) is 11.8 Å². The van der Waals surface area contributed by atoms with Gasteiger partial charge in [0, 0.05) is 29.3 Å². The number of fused-ring (bicyclic) bond motifs is 1. The number of anilines is 1. The Morgan fingerprint density at radius 1 is 1.04 bits per heavy atom. The van der Waals surface area contributed by atoms with E-state index >= 15 is 0 Å². The van der Waals surface area contributed by atoms with Crippen molar-refractivity contribution in [1.82, 2.24) is 10.3 Å². The highest BCUT2D eigenvalue weighted by Gasteiger charge is 2.47. The maximum absolute atomic E-state index is 12.9. The molecule has 1 fully saturated rings. The zero-order valence-corrected chi connectivity index (χ0v) is 14.7. The first kappa shape index (κ1) is 17.3. The van der Waals surface area contributed by atoms with E-state index in [9.17, 15) is 14.0 Å². The molecule has 0 spiro atoms. The third-order valence-electron chi connectivity index (χ3n) is 4.94. The first-order valence-electron chi connectivity index (χ1n) is 9.01. The Kier molecular flexibility index (Phi) is 4.62. The Bertz CT molecular complexity index is 981. The molecule has 1 heterocycles. The number of amides is 2. The number of carbonyl (C=O) groups is 2. The maximum Gasteiger partial charge on any atom is 0.228 e. The topological polar surface area (TPSA) is 74.0 Å². The lowest BCUT2D eigenvalue weighted by atomic mass is 10.1. The largest absolute Gasteiger partial charge is 0.361 e. The number of aromatic amines is 1. The third-order valence-corrected chi connectivity index (χ3v) is 4.94. The number of nitrogens with one attached hydrogen (secondary N) is 3. The van der Waals surface area contributed by atoms with Crippen LogP contribution in [0.4, 0.5) is 10.1 Å². The van der Waals surface area contributed by atoms with E-state index < -0.39 is 0 Å². The van der Waals surface area contributed by atoms with Crippen molar-refractivity contribution in [1.29, 1.82) is 0 Å². The predicted molar refractivity (Wildman–Crippen MR) is 102 cm³/mol. The quantitative estimate of drug-likeness (QED) is 0.627. The van der Waals surface area contributed by atoms with Crippen molar-refractivity contribution >= 4 is 28.4 Å². The van der Waals surface area contributed by atoms with Crippen molar-refractivity contribution in [2.24, 2.45) is 11.8 Å². The van der Waals surface area contributed by atoms with Crippen LogP contribution in [0.2, 0.25) is 0 Å². The standard InChI is InChI=1S/C21H20FN3O2/c22-14-5-7-15(8-6-14)25-21(27)18-11-17(18)20(26)23-10-9-13-12-24-19-4-2-1-3-16(13)19/h1-8,12,17-18,24H,9-11H2,(H,23,26)(H,25,27). The summed E-state index contributed by atoms with van der Waals surface area (Å²) < 4.78 is 12.9. The normalized spacial score (nSPS) is 18.3. The van der Waals surface area contributed by atoms with Gasteiger partial charge in [-0.1, -0.05) is 18.2 Å². The van der Waals surface area contributed by atoms with Crippen molar-refractivity contribution in [3.05, 3.63) is 66.1 Å². The number of halogens is 1. The Hall–Kier alpha value is -3.15. The summed E-state index contributed by atoms with van der Waals surface area (Å²) in [7, 11) is 0. The molecule has 2 unspecified atom stereocenters. The van der Waals surface area contributed by atoms with Gasteiger partial charge in [-0.15, -0.1) is 0 Å². The number of rotatable bonds is 6. The Labute approximate surface area is 156 Å². The average molecular weight is 365 g/mol. The van der Waals surface area contributed by atoms with Gasteiger partial charge in [0.15, 0.2) is 0 Å². The van der Waals surface area contributed by atoms with E-state index in [1.54, 1.807) is 0 Å². The highest BCUT2D eigenvalue weighted by molar-refractivity contribution is 5.99. The molecule has 1 aromatic heterocycles. The van der Waals surface area contributed by atoms with Crippen molar-refractivity contribution in [3.8, 4) is 0 Å². The van der Waals surface area contributed by atoms with Crippen LogP contribution in [0.25, 0.3) is 10.9 Å². The van der Waals surface area contributed by atoms with Gasteiger partial charge in [0.25, 0.3) is 0 Å². The molecule has 2 atom stereocenters. The van der Waals surface area contributed by atoms with E-state index in [2.05, 4.69) is 21.7 Å². The molecule has 0 saturated heterocycles. The van der Waals surface area contributed by atoms with Gasteiger partial charge in [-0.2, -0.15) is 0 Å². The molecule has 1 aliphatic carbocycles. The Morgan fingerprint density at radius 2 is 1.78 bits per heavy atom. The van der Waals surface area contributed by atoms with E-state index in [1.165, 1.54) is 24.3 Å². The lowest BCUT2D eigenvalue weighted by molar-refractivity contribution is -0.125.